The van der Waals surface area contributed by atoms with Crippen LogP contribution in [0.25, 0.3) is 11.1 Å². The summed E-state index contributed by atoms with van der Waals surface area (Å²) in [4.78, 5) is 48.1. The zero-order valence-electron chi connectivity index (χ0n) is 37.4. The smallest absolute Gasteiger partial charge is 0.509 e. The van der Waals surface area contributed by atoms with E-state index < -0.39 is 22.7 Å². The van der Waals surface area contributed by atoms with E-state index in [2.05, 4.69) is 81.2 Å². The highest BCUT2D eigenvalue weighted by Gasteiger charge is 2.51. The van der Waals surface area contributed by atoms with Gasteiger partial charge in [0.15, 0.2) is 0 Å². The molecule has 2 saturated carbocycles. The number of aliphatic hydroxyl groups excluding tert-OH is 3. The minimum absolute atomic E-state index is 0.132. The largest absolute Gasteiger partial charge is 0.513 e. The van der Waals surface area contributed by atoms with Gasteiger partial charge in [0.05, 0.1) is 35.4 Å². The molecule has 0 unspecified atom stereocenters. The Morgan fingerprint density at radius 2 is 1.03 bits per heavy atom. The molecule has 2 fully saturated rings. The summed E-state index contributed by atoms with van der Waals surface area (Å²) in [7, 11) is 0. The summed E-state index contributed by atoms with van der Waals surface area (Å²) in [5.41, 5.74) is 7.34. The molecule has 5 N–H and O–H groups in total. The Morgan fingerprint density at radius 1 is 0.656 bits per heavy atom. The highest BCUT2D eigenvalue weighted by molar-refractivity contribution is 6.61. The lowest BCUT2D eigenvalue weighted by atomic mass is 9.75. The first kappa shape index (κ1) is 49.3. The Hall–Kier alpha value is -4.39. The number of ether oxygens (including phenoxy) is 3. The fourth-order valence-electron chi connectivity index (χ4n) is 9.38. The van der Waals surface area contributed by atoms with Gasteiger partial charge in [-0.15, -0.1) is 0 Å². The van der Waals surface area contributed by atoms with Gasteiger partial charge in [0.2, 0.25) is 0 Å². The van der Waals surface area contributed by atoms with Gasteiger partial charge in [-0.25, -0.2) is 9.59 Å². The van der Waals surface area contributed by atoms with Crippen LogP contribution in [-0.2, 0) is 49.5 Å². The van der Waals surface area contributed by atoms with Crippen LogP contribution in [0.5, 0.6) is 0 Å². The Morgan fingerprint density at radius 3 is 1.39 bits per heavy atom. The number of rotatable bonds is 11. The van der Waals surface area contributed by atoms with Crippen LogP contribution in [0.2, 0.25) is 0 Å². The van der Waals surface area contributed by atoms with Crippen molar-refractivity contribution in [2.24, 2.45) is 11.8 Å². The van der Waals surface area contributed by atoms with Gasteiger partial charge in [0.1, 0.15) is 11.5 Å². The Labute approximate surface area is 366 Å². The maximum atomic E-state index is 13.3. The quantitative estimate of drug-likeness (QED) is 0.108. The molecule has 2 spiro atoms. The van der Waals surface area contributed by atoms with E-state index in [1.165, 1.54) is 5.56 Å². The molecule has 6 rings (SSSR count). The molecule has 2 aromatic carbocycles. The van der Waals surface area contributed by atoms with Crippen LogP contribution in [-0.4, -0.2) is 76.2 Å². The maximum absolute atomic E-state index is 13.3. The van der Waals surface area contributed by atoms with Crippen molar-refractivity contribution in [3.63, 3.8) is 0 Å². The molecule has 13 heteroatoms. The van der Waals surface area contributed by atoms with Crippen molar-refractivity contribution in [1.29, 1.82) is 0 Å². The molecule has 4 aliphatic rings. The van der Waals surface area contributed by atoms with E-state index in [0.717, 1.165) is 90.3 Å². The third kappa shape index (κ3) is 11.2. The first-order chi connectivity index (χ1) is 29.1. The van der Waals surface area contributed by atoms with Crippen LogP contribution in [0.4, 0.5) is 9.59 Å². The second kappa shape index (κ2) is 22.1. The maximum Gasteiger partial charge on any atom is 0.513 e. The van der Waals surface area contributed by atoms with E-state index in [9.17, 15) is 34.5 Å². The molecule has 0 atom stereocenters. The average Bonchev–Trinajstić information content (AvgIpc) is 3.63. The van der Waals surface area contributed by atoms with E-state index in [4.69, 9.17) is 21.1 Å². The van der Waals surface area contributed by atoms with Gasteiger partial charge < -0.3 is 40.2 Å². The molecule has 2 aliphatic heterocycles. The third-order valence-corrected chi connectivity index (χ3v) is 12.7. The molecular formula is C48H67ClN2O10. The Balaban J connectivity index is 0.000000240. The molecule has 12 nitrogen and oxygen atoms in total. The van der Waals surface area contributed by atoms with Crippen molar-refractivity contribution >= 4 is 46.1 Å². The predicted octanol–water partition coefficient (Wildman–Crippen LogP) is 8.88. The average molecular weight is 868 g/mol. The minimum Gasteiger partial charge on any atom is -0.509 e. The molecule has 0 saturated heterocycles. The molecule has 0 bridgehead atoms. The van der Waals surface area contributed by atoms with Crippen molar-refractivity contribution in [3.05, 3.63) is 80.3 Å². The lowest BCUT2D eigenvalue weighted by molar-refractivity contribution is -0.117. The lowest BCUT2D eigenvalue weighted by Gasteiger charge is -2.37. The SMILES string of the molecule is CCOC(=O)Cl.CCOC(=O)OC1=C(c2c(CC)cc(C)cc2CC)C(=O)NC12CCC(CO)CC2.CCc1cc(C)cc(CC)c1C1=C(O)C2(CCC(CO)CC2)NC1=O. The number of halogens is 1. The summed E-state index contributed by atoms with van der Waals surface area (Å²) in [5.74, 6) is 0.712. The molecule has 61 heavy (non-hydrogen) atoms. The van der Waals surface area contributed by atoms with Crippen molar-refractivity contribution in [2.75, 3.05) is 26.4 Å². The molecule has 2 aliphatic carbocycles. The van der Waals surface area contributed by atoms with E-state index in [1.807, 2.05) is 0 Å². The molecule has 0 aromatic heterocycles. The van der Waals surface area contributed by atoms with Crippen LogP contribution < -0.4 is 10.6 Å². The monoisotopic (exact) mass is 866 g/mol. The number of carbonyl (C=O) groups excluding carboxylic acids is 4. The fourth-order valence-corrected chi connectivity index (χ4v) is 9.49. The van der Waals surface area contributed by atoms with Crippen molar-refractivity contribution in [1.82, 2.24) is 10.6 Å². The second-order valence-corrected chi connectivity index (χ2v) is 16.8. The minimum atomic E-state index is -0.784. The molecule has 336 valence electrons. The van der Waals surface area contributed by atoms with Gasteiger partial charge in [-0.05, 0) is 150 Å². The summed E-state index contributed by atoms with van der Waals surface area (Å²) < 4.78 is 15.0. The number of carbonyl (C=O) groups is 4. The van der Waals surface area contributed by atoms with Crippen LogP contribution >= 0.6 is 11.6 Å². The van der Waals surface area contributed by atoms with Crippen LogP contribution in [0.1, 0.15) is 137 Å². The summed E-state index contributed by atoms with van der Waals surface area (Å²) in [5, 5.41) is 36.2. The van der Waals surface area contributed by atoms with Gasteiger partial charge in [-0.3, -0.25) is 9.59 Å². The van der Waals surface area contributed by atoms with E-state index in [-0.39, 0.29) is 49.2 Å². The van der Waals surface area contributed by atoms with Gasteiger partial charge in [0, 0.05) is 24.8 Å². The van der Waals surface area contributed by atoms with Crippen molar-refractivity contribution in [3.8, 4) is 0 Å². The third-order valence-electron chi connectivity index (χ3n) is 12.6. The summed E-state index contributed by atoms with van der Waals surface area (Å²) in [6, 6.07) is 8.44. The standard InChI is InChI=1S/C24H33NO5.C21H29NO3.C3H5ClO2/c1-5-17-12-15(4)13-18(6-2)19(17)20-21(30-23(28)29-7-3)24(25-22(20)27)10-8-16(14-26)9-11-24;1-4-15-10-13(3)11-16(5-2)17(15)18-19(24)21(22-20(18)25)8-6-14(12-23)7-9-21;1-2-6-3(4)5/h12-13,16,26H,5-11,14H2,1-4H3,(H,25,27);10-11,14,23-24H,4-9,12H2,1-3H3,(H,22,25);2H2,1H3. The number of nitrogens with one attached hydrogen (secondary N) is 2. The van der Waals surface area contributed by atoms with E-state index in [1.54, 1.807) is 13.8 Å². The van der Waals surface area contributed by atoms with Gasteiger partial charge in [0.25, 0.3) is 11.8 Å². The predicted molar refractivity (Wildman–Crippen MR) is 237 cm³/mol. The molecular weight excluding hydrogens is 800 g/mol. The van der Waals surface area contributed by atoms with Crippen molar-refractivity contribution < 1.29 is 48.7 Å². The number of benzene rings is 2. The van der Waals surface area contributed by atoms with Crippen LogP contribution in [0.3, 0.4) is 0 Å². The zero-order valence-corrected chi connectivity index (χ0v) is 38.1. The number of hydrogen-bond acceptors (Lipinski definition) is 10. The highest BCUT2D eigenvalue weighted by Crippen LogP contribution is 2.47. The van der Waals surface area contributed by atoms with Crippen LogP contribution in [0.15, 0.2) is 35.8 Å². The fraction of sp³-hybridized carbons (Fsp3) is 0.583. The molecule has 0 radical (unpaired) electrons. The molecule has 2 amide bonds. The number of aryl methyl sites for hydroxylation is 6. The number of aliphatic hydroxyl groups is 3. The molecule has 2 aromatic rings. The van der Waals surface area contributed by atoms with E-state index in [0.29, 0.717) is 49.2 Å². The number of amides is 2. The zero-order chi connectivity index (χ0) is 45.1. The van der Waals surface area contributed by atoms with E-state index >= 15 is 0 Å². The summed E-state index contributed by atoms with van der Waals surface area (Å²) in [6.45, 7) is 16.7. The number of hydrogen-bond donors (Lipinski definition) is 5. The first-order valence-electron chi connectivity index (χ1n) is 22.1. The van der Waals surface area contributed by atoms with Gasteiger partial charge in [-0.2, -0.15) is 0 Å². The van der Waals surface area contributed by atoms with Gasteiger partial charge >= 0.3 is 11.6 Å². The molecule has 2 heterocycles. The second-order valence-electron chi connectivity index (χ2n) is 16.5. The Kier molecular flexibility index (Phi) is 17.9. The lowest BCUT2D eigenvalue weighted by Crippen LogP contribution is -2.48. The first-order valence-corrected chi connectivity index (χ1v) is 22.5. The van der Waals surface area contributed by atoms with Crippen molar-refractivity contribution in [2.45, 2.75) is 144 Å². The Bertz CT molecular complexity index is 1920. The summed E-state index contributed by atoms with van der Waals surface area (Å²) in [6.07, 6.45) is 8.20. The summed E-state index contributed by atoms with van der Waals surface area (Å²) >= 11 is 4.72. The normalized spacial score (nSPS) is 23.2. The van der Waals surface area contributed by atoms with Crippen LogP contribution in [0, 0.1) is 25.7 Å². The highest BCUT2D eigenvalue weighted by atomic mass is 35.5. The topological polar surface area (TPSA) is 181 Å². The van der Waals surface area contributed by atoms with Gasteiger partial charge in [-0.1, -0.05) is 63.1 Å².